The lowest BCUT2D eigenvalue weighted by Crippen LogP contribution is -2.31. The van der Waals surface area contributed by atoms with Crippen molar-refractivity contribution < 1.29 is 13.2 Å². The lowest BCUT2D eigenvalue weighted by Gasteiger charge is -2.18. The van der Waals surface area contributed by atoms with Crippen LogP contribution in [0.2, 0.25) is 0 Å². The molecule has 134 valence electrons. The molecule has 2 aromatic heterocycles. The minimum atomic E-state index is -3.63. The maximum atomic E-state index is 13.1. The molecule has 0 bridgehead atoms. The predicted octanol–water partition coefficient (Wildman–Crippen LogP) is 2.78. The highest BCUT2D eigenvalue weighted by Crippen LogP contribution is 2.27. The average molecular weight is 369 g/mol. The molecule has 0 amide bonds. The topological polar surface area (TPSA) is 72.4 Å². The van der Waals surface area contributed by atoms with Crippen LogP contribution in [0.1, 0.15) is 12.1 Å². The minimum absolute atomic E-state index is 0.206. The molecule has 3 aromatic rings. The molecular weight excluding hydrogens is 350 g/mol. The van der Waals surface area contributed by atoms with Gasteiger partial charge in [0.1, 0.15) is 11.0 Å². The van der Waals surface area contributed by atoms with Crippen LogP contribution < -0.4 is 4.74 Å². The van der Waals surface area contributed by atoms with Crippen molar-refractivity contribution in [3.63, 3.8) is 0 Å². The fourth-order valence-electron chi connectivity index (χ4n) is 3.19. The van der Waals surface area contributed by atoms with E-state index in [1.54, 1.807) is 30.5 Å². The monoisotopic (exact) mass is 369 g/mol. The highest BCUT2D eigenvalue weighted by molar-refractivity contribution is 7.89. The molecule has 0 N–H and O–H groups in total. The minimum Gasteiger partial charge on any atom is -0.473 e. The zero-order chi connectivity index (χ0) is 18.1. The molecule has 1 saturated heterocycles. The van der Waals surface area contributed by atoms with Crippen molar-refractivity contribution in [2.24, 2.45) is 0 Å². The number of ether oxygens (including phenoxy) is 1. The third kappa shape index (κ3) is 3.15. The Labute approximate surface area is 152 Å². The van der Waals surface area contributed by atoms with Crippen LogP contribution in [0.5, 0.6) is 5.88 Å². The molecule has 1 aromatic carbocycles. The van der Waals surface area contributed by atoms with Gasteiger partial charge in [-0.15, -0.1) is 0 Å². The summed E-state index contributed by atoms with van der Waals surface area (Å²) in [6, 6.07) is 14.4. The number of aromatic nitrogens is 2. The van der Waals surface area contributed by atoms with Gasteiger partial charge in [-0.2, -0.15) is 4.31 Å². The molecule has 4 rings (SSSR count). The van der Waals surface area contributed by atoms with Gasteiger partial charge in [-0.1, -0.05) is 24.3 Å². The second-order valence-electron chi connectivity index (χ2n) is 6.34. The highest BCUT2D eigenvalue weighted by atomic mass is 32.2. The standard InChI is InChI=1S/C19H19N3O3S/c1-14-5-2-9-18(21-14)25-16-10-12-22(13-16)26(23,24)17-8-3-6-15-7-4-11-20-19(15)17/h2-9,11,16H,10,12-13H2,1H3. The number of sulfonamides is 1. The smallest absolute Gasteiger partial charge is 0.245 e. The van der Waals surface area contributed by atoms with E-state index < -0.39 is 10.0 Å². The molecule has 0 spiro atoms. The zero-order valence-corrected chi connectivity index (χ0v) is 15.2. The summed E-state index contributed by atoms with van der Waals surface area (Å²) in [6.45, 7) is 2.62. The van der Waals surface area contributed by atoms with E-state index in [2.05, 4.69) is 9.97 Å². The van der Waals surface area contributed by atoms with Gasteiger partial charge in [-0.3, -0.25) is 4.98 Å². The molecule has 7 heteroatoms. The molecule has 0 aliphatic carbocycles. The number of aryl methyl sites for hydroxylation is 1. The summed E-state index contributed by atoms with van der Waals surface area (Å²) in [5.41, 5.74) is 1.37. The van der Waals surface area contributed by atoms with Crippen molar-refractivity contribution in [3.05, 3.63) is 60.4 Å². The molecule has 0 saturated carbocycles. The third-order valence-electron chi connectivity index (χ3n) is 4.47. The first-order valence-corrected chi connectivity index (χ1v) is 9.92. The highest BCUT2D eigenvalue weighted by Gasteiger charge is 2.35. The molecule has 1 unspecified atom stereocenters. The van der Waals surface area contributed by atoms with Crippen LogP contribution in [0, 0.1) is 6.92 Å². The number of nitrogens with zero attached hydrogens (tertiary/aromatic N) is 3. The van der Waals surface area contributed by atoms with Crippen LogP contribution in [-0.4, -0.2) is 41.9 Å². The van der Waals surface area contributed by atoms with E-state index in [0.717, 1.165) is 11.1 Å². The van der Waals surface area contributed by atoms with Crippen molar-refractivity contribution in [2.45, 2.75) is 24.3 Å². The quantitative estimate of drug-likeness (QED) is 0.707. The second kappa shape index (κ2) is 6.66. The van der Waals surface area contributed by atoms with Gasteiger partial charge in [0.15, 0.2) is 0 Å². The molecule has 1 aliphatic heterocycles. The Hall–Kier alpha value is -2.51. The molecule has 6 nitrogen and oxygen atoms in total. The number of rotatable bonds is 4. The molecular formula is C19H19N3O3S. The maximum Gasteiger partial charge on any atom is 0.245 e. The Balaban J connectivity index is 1.57. The summed E-state index contributed by atoms with van der Waals surface area (Å²) in [6.07, 6.45) is 2.04. The third-order valence-corrected chi connectivity index (χ3v) is 6.37. The van der Waals surface area contributed by atoms with Crippen molar-refractivity contribution in [1.82, 2.24) is 14.3 Å². The van der Waals surface area contributed by atoms with Crippen molar-refractivity contribution in [1.29, 1.82) is 0 Å². The Morgan fingerprint density at radius 3 is 2.77 bits per heavy atom. The first-order chi connectivity index (χ1) is 12.5. The SMILES string of the molecule is Cc1cccc(OC2CCN(S(=O)(=O)c3cccc4cccnc34)C2)n1. The summed E-state index contributed by atoms with van der Waals surface area (Å²) in [5.74, 6) is 0.529. The normalized spacial score (nSPS) is 18.3. The number of hydrogen-bond acceptors (Lipinski definition) is 5. The average Bonchev–Trinajstić information content (AvgIpc) is 3.10. The van der Waals surface area contributed by atoms with Gasteiger partial charge in [0, 0.05) is 29.9 Å². The van der Waals surface area contributed by atoms with Gasteiger partial charge >= 0.3 is 0 Å². The van der Waals surface area contributed by atoms with E-state index in [4.69, 9.17) is 4.74 Å². The fourth-order valence-corrected chi connectivity index (χ4v) is 4.84. The van der Waals surface area contributed by atoms with E-state index in [-0.39, 0.29) is 11.0 Å². The van der Waals surface area contributed by atoms with Crippen LogP contribution in [-0.2, 0) is 10.0 Å². The number of para-hydroxylation sites is 1. The van der Waals surface area contributed by atoms with Gasteiger partial charge in [0.2, 0.25) is 15.9 Å². The van der Waals surface area contributed by atoms with E-state index in [9.17, 15) is 8.42 Å². The zero-order valence-electron chi connectivity index (χ0n) is 14.4. The lowest BCUT2D eigenvalue weighted by molar-refractivity contribution is 0.206. The van der Waals surface area contributed by atoms with Crippen LogP contribution in [0.4, 0.5) is 0 Å². The molecule has 3 heterocycles. The van der Waals surface area contributed by atoms with E-state index in [1.807, 2.05) is 31.2 Å². The molecule has 1 atom stereocenters. The fraction of sp³-hybridized carbons (Fsp3) is 0.263. The number of hydrogen-bond donors (Lipinski definition) is 0. The van der Waals surface area contributed by atoms with Crippen LogP contribution in [0.3, 0.4) is 0 Å². The Morgan fingerprint density at radius 2 is 1.92 bits per heavy atom. The number of fused-ring (bicyclic) bond motifs is 1. The van der Waals surface area contributed by atoms with Crippen molar-refractivity contribution >= 4 is 20.9 Å². The van der Waals surface area contributed by atoms with Gasteiger partial charge < -0.3 is 4.74 Å². The summed E-state index contributed by atoms with van der Waals surface area (Å²) in [4.78, 5) is 8.83. The summed E-state index contributed by atoms with van der Waals surface area (Å²) in [7, 11) is -3.63. The van der Waals surface area contributed by atoms with Gasteiger partial charge in [0.25, 0.3) is 0 Å². The molecule has 1 aliphatic rings. The Bertz CT molecular complexity index is 1050. The Kier molecular flexibility index (Phi) is 4.34. The lowest BCUT2D eigenvalue weighted by atomic mass is 10.2. The summed E-state index contributed by atoms with van der Waals surface area (Å²) >= 11 is 0. The molecule has 26 heavy (non-hydrogen) atoms. The maximum absolute atomic E-state index is 13.1. The second-order valence-corrected chi connectivity index (χ2v) is 8.25. The Morgan fingerprint density at radius 1 is 1.12 bits per heavy atom. The van der Waals surface area contributed by atoms with Crippen LogP contribution in [0.15, 0.2) is 59.6 Å². The predicted molar refractivity (Wildman–Crippen MR) is 98.5 cm³/mol. The van der Waals surface area contributed by atoms with Gasteiger partial charge in [0.05, 0.1) is 12.1 Å². The molecule has 0 radical (unpaired) electrons. The van der Waals surface area contributed by atoms with E-state index >= 15 is 0 Å². The van der Waals surface area contributed by atoms with E-state index in [1.165, 1.54) is 4.31 Å². The first kappa shape index (κ1) is 16.9. The van der Waals surface area contributed by atoms with Crippen molar-refractivity contribution in [3.8, 4) is 5.88 Å². The van der Waals surface area contributed by atoms with Crippen LogP contribution >= 0.6 is 0 Å². The van der Waals surface area contributed by atoms with Gasteiger partial charge in [-0.25, -0.2) is 13.4 Å². The summed E-state index contributed by atoms with van der Waals surface area (Å²) in [5, 5.41) is 0.810. The first-order valence-electron chi connectivity index (χ1n) is 8.48. The molecule has 1 fully saturated rings. The van der Waals surface area contributed by atoms with E-state index in [0.29, 0.717) is 30.9 Å². The largest absolute Gasteiger partial charge is 0.473 e. The van der Waals surface area contributed by atoms with Crippen molar-refractivity contribution in [2.75, 3.05) is 13.1 Å². The number of benzene rings is 1. The summed E-state index contributed by atoms with van der Waals surface area (Å²) < 4.78 is 33.6. The number of pyridine rings is 2. The van der Waals surface area contributed by atoms with Gasteiger partial charge in [-0.05, 0) is 31.5 Å². The van der Waals surface area contributed by atoms with Crippen LogP contribution in [0.25, 0.3) is 10.9 Å².